The molecule has 0 aliphatic rings. The molecule has 0 aliphatic carbocycles. The summed E-state index contributed by atoms with van der Waals surface area (Å²) in [6, 6.07) is 2.17. The molecule has 0 radical (unpaired) electrons. The van der Waals surface area contributed by atoms with Gasteiger partial charge in [-0.1, -0.05) is 15.8 Å². The molecule has 6 nitrogen and oxygen atoms in total. The van der Waals surface area contributed by atoms with Gasteiger partial charge in [0.15, 0.2) is 10.8 Å². The highest BCUT2D eigenvalue weighted by molar-refractivity contribution is 7.24. The molecule has 106 valence electrons. The van der Waals surface area contributed by atoms with Crippen molar-refractivity contribution in [3.8, 4) is 20.6 Å². The highest BCUT2D eigenvalue weighted by Crippen LogP contribution is 2.34. The lowest BCUT2D eigenvalue weighted by molar-refractivity contribution is 0.970. The lowest BCUT2D eigenvalue weighted by Crippen LogP contribution is -1.90. The van der Waals surface area contributed by atoms with Crippen LogP contribution in [-0.2, 0) is 0 Å². The van der Waals surface area contributed by atoms with E-state index in [9.17, 15) is 0 Å². The highest BCUT2D eigenvalue weighted by Gasteiger charge is 2.19. The van der Waals surface area contributed by atoms with Gasteiger partial charge in [0.25, 0.3) is 0 Å². The zero-order valence-corrected chi connectivity index (χ0v) is 13.9. The van der Waals surface area contributed by atoms with E-state index in [2.05, 4.69) is 44.8 Å². The van der Waals surface area contributed by atoms with Gasteiger partial charge >= 0.3 is 0 Å². The minimum atomic E-state index is 0.713. The van der Waals surface area contributed by atoms with Crippen LogP contribution >= 0.6 is 34.2 Å². The molecule has 21 heavy (non-hydrogen) atoms. The molecular weight excluding hydrogens is 324 g/mol. The van der Waals surface area contributed by atoms with Gasteiger partial charge in [0.1, 0.15) is 4.88 Å². The maximum atomic E-state index is 4.67. The molecule has 4 heterocycles. The Morgan fingerprint density at radius 2 is 1.90 bits per heavy atom. The largest absolute Gasteiger partial charge is 0.235 e. The summed E-state index contributed by atoms with van der Waals surface area (Å²) in [4.78, 5) is 4.19. The van der Waals surface area contributed by atoms with E-state index in [0.29, 0.717) is 5.82 Å². The molecule has 0 saturated carbocycles. The Kier molecular flexibility index (Phi) is 2.88. The number of rotatable bonds is 2. The number of hydrogen-bond donors (Lipinski definition) is 0. The predicted octanol–water partition coefficient (Wildman–Crippen LogP) is 3.36. The van der Waals surface area contributed by atoms with Crippen LogP contribution in [0.4, 0.5) is 0 Å². The van der Waals surface area contributed by atoms with Crippen molar-refractivity contribution in [3.05, 3.63) is 22.2 Å². The lowest BCUT2D eigenvalue weighted by Gasteiger charge is -1.91. The van der Waals surface area contributed by atoms with Crippen LogP contribution in [0.15, 0.2) is 6.07 Å². The van der Waals surface area contributed by atoms with Gasteiger partial charge < -0.3 is 0 Å². The summed E-state index contributed by atoms with van der Waals surface area (Å²) in [6.07, 6.45) is 0. The third kappa shape index (κ3) is 2.00. The second kappa shape index (κ2) is 4.65. The van der Waals surface area contributed by atoms with Crippen molar-refractivity contribution in [3.63, 3.8) is 0 Å². The molecule has 4 aromatic rings. The van der Waals surface area contributed by atoms with Crippen LogP contribution < -0.4 is 0 Å². The molecule has 0 unspecified atom stereocenters. The topological polar surface area (TPSA) is 68.9 Å². The number of aromatic nitrogens is 6. The summed E-state index contributed by atoms with van der Waals surface area (Å²) in [5.41, 5.74) is 2.15. The summed E-state index contributed by atoms with van der Waals surface area (Å²) in [5, 5.41) is 18.1. The molecule has 4 rings (SSSR count). The lowest BCUT2D eigenvalue weighted by atomic mass is 10.3. The van der Waals surface area contributed by atoms with Crippen molar-refractivity contribution in [2.75, 3.05) is 0 Å². The predicted molar refractivity (Wildman–Crippen MR) is 85.1 cm³/mol. The maximum Gasteiger partial charge on any atom is 0.235 e. The van der Waals surface area contributed by atoms with Gasteiger partial charge in [-0.25, -0.2) is 0 Å². The summed E-state index contributed by atoms with van der Waals surface area (Å²) < 4.78 is 5.74. The minimum absolute atomic E-state index is 0.713. The van der Waals surface area contributed by atoms with E-state index in [1.54, 1.807) is 27.2 Å². The van der Waals surface area contributed by atoms with Crippen LogP contribution in [-0.4, -0.2) is 29.4 Å². The van der Waals surface area contributed by atoms with E-state index < -0.39 is 0 Å². The summed E-state index contributed by atoms with van der Waals surface area (Å²) in [7, 11) is 0. The van der Waals surface area contributed by atoms with Gasteiger partial charge in [-0.15, -0.1) is 26.6 Å². The second-order valence-corrected chi connectivity index (χ2v) is 7.63. The summed E-state index contributed by atoms with van der Waals surface area (Å²) >= 11 is 4.62. The van der Waals surface area contributed by atoms with Crippen LogP contribution in [0.25, 0.3) is 25.5 Å². The first-order valence-corrected chi connectivity index (χ1v) is 8.63. The van der Waals surface area contributed by atoms with Gasteiger partial charge in [-0.05, 0) is 43.9 Å². The first kappa shape index (κ1) is 13.0. The molecule has 0 atom stereocenters. The minimum Gasteiger partial charge on any atom is -0.181 e. The molecule has 4 aromatic heterocycles. The average molecular weight is 334 g/mol. The number of thiophene rings is 1. The van der Waals surface area contributed by atoms with Crippen LogP contribution in [0, 0.1) is 20.8 Å². The van der Waals surface area contributed by atoms with Crippen LogP contribution in [0.1, 0.15) is 16.1 Å². The van der Waals surface area contributed by atoms with Gasteiger partial charge in [-0.2, -0.15) is 9.61 Å². The van der Waals surface area contributed by atoms with E-state index >= 15 is 0 Å². The SMILES string of the molecule is Cc1cc(-c2nn3c(-c4snnc4C)nnc3s2)sc1C. The Balaban J connectivity index is 1.88. The third-order valence-electron chi connectivity index (χ3n) is 3.22. The molecule has 0 N–H and O–H groups in total. The van der Waals surface area contributed by atoms with Gasteiger partial charge in [0.2, 0.25) is 4.96 Å². The number of hydrogen-bond acceptors (Lipinski definition) is 8. The van der Waals surface area contributed by atoms with Crippen molar-refractivity contribution in [1.82, 2.24) is 29.4 Å². The van der Waals surface area contributed by atoms with E-state index in [1.807, 2.05) is 6.92 Å². The molecule has 0 saturated heterocycles. The Morgan fingerprint density at radius 1 is 1.05 bits per heavy atom. The zero-order chi connectivity index (χ0) is 14.6. The van der Waals surface area contributed by atoms with Crippen LogP contribution in [0.2, 0.25) is 0 Å². The van der Waals surface area contributed by atoms with Crippen molar-refractivity contribution >= 4 is 39.2 Å². The first-order chi connectivity index (χ1) is 10.1. The monoisotopic (exact) mass is 334 g/mol. The summed E-state index contributed by atoms with van der Waals surface area (Å²) in [6.45, 7) is 6.16. The second-order valence-electron chi connectivity index (χ2n) is 4.66. The third-order valence-corrected chi connectivity index (χ3v) is 6.27. The molecule has 0 fully saturated rings. The fourth-order valence-corrected chi connectivity index (χ4v) is 4.51. The van der Waals surface area contributed by atoms with Crippen molar-refractivity contribution < 1.29 is 0 Å². The van der Waals surface area contributed by atoms with Crippen LogP contribution in [0.5, 0.6) is 0 Å². The van der Waals surface area contributed by atoms with Gasteiger partial charge in [-0.3, -0.25) is 0 Å². The number of fused-ring (bicyclic) bond motifs is 1. The Hall–Kier alpha value is -1.71. The van der Waals surface area contributed by atoms with Gasteiger partial charge in [0.05, 0.1) is 10.6 Å². The van der Waals surface area contributed by atoms with E-state index in [0.717, 1.165) is 20.5 Å². The molecule has 9 heteroatoms. The molecule has 0 spiro atoms. The van der Waals surface area contributed by atoms with Crippen molar-refractivity contribution in [1.29, 1.82) is 0 Å². The van der Waals surface area contributed by atoms with Crippen molar-refractivity contribution in [2.45, 2.75) is 20.8 Å². The fraction of sp³-hybridized carbons (Fsp3) is 0.250. The number of aryl methyl sites for hydroxylation is 3. The van der Waals surface area contributed by atoms with Gasteiger partial charge in [0, 0.05) is 4.88 Å². The van der Waals surface area contributed by atoms with Crippen molar-refractivity contribution in [2.24, 2.45) is 0 Å². The quantitative estimate of drug-likeness (QED) is 0.562. The molecule has 0 aromatic carbocycles. The summed E-state index contributed by atoms with van der Waals surface area (Å²) in [5.74, 6) is 0.713. The first-order valence-electron chi connectivity index (χ1n) is 6.22. The molecule has 0 amide bonds. The average Bonchev–Trinajstić information content (AvgIpc) is 3.16. The zero-order valence-electron chi connectivity index (χ0n) is 11.5. The molecule has 0 aliphatic heterocycles. The Bertz CT molecular complexity index is 924. The van der Waals surface area contributed by atoms with E-state index in [1.165, 1.54) is 26.9 Å². The normalized spacial score (nSPS) is 11.6. The highest BCUT2D eigenvalue weighted by atomic mass is 32.1. The smallest absolute Gasteiger partial charge is 0.181 e. The fourth-order valence-electron chi connectivity index (χ4n) is 1.97. The number of nitrogens with zero attached hydrogens (tertiary/aromatic N) is 6. The standard InChI is InChI=1S/C12H10N6S3/c1-5-4-8(19-7(5)3)11-16-18-10(14-15-12(18)20-11)9-6(2)13-17-21-9/h4H,1-3H3. The Labute approximate surface area is 132 Å². The molecule has 0 bridgehead atoms. The Morgan fingerprint density at radius 3 is 2.57 bits per heavy atom. The van der Waals surface area contributed by atoms with Crippen LogP contribution in [0.3, 0.4) is 0 Å². The maximum absolute atomic E-state index is 4.67. The van der Waals surface area contributed by atoms with E-state index in [4.69, 9.17) is 0 Å². The van der Waals surface area contributed by atoms with E-state index in [-0.39, 0.29) is 0 Å². The molecular formula is C12H10N6S3.